The minimum absolute atomic E-state index is 0. The number of hydrogen-bond donors (Lipinski definition) is 1. The molecule has 2 unspecified atom stereocenters. The van der Waals surface area contributed by atoms with Crippen molar-refractivity contribution in [2.45, 2.75) is 31.9 Å². The highest BCUT2D eigenvalue weighted by Crippen LogP contribution is 2.47. The van der Waals surface area contributed by atoms with Crippen LogP contribution in [0.5, 0.6) is 0 Å². The van der Waals surface area contributed by atoms with E-state index in [4.69, 9.17) is 9.47 Å². The van der Waals surface area contributed by atoms with Gasteiger partial charge in [0.15, 0.2) is 0 Å². The second-order valence-electron chi connectivity index (χ2n) is 7.74. The van der Waals surface area contributed by atoms with Crippen molar-refractivity contribution in [1.82, 2.24) is 9.88 Å². The number of ether oxygens (including phenoxy) is 2. The smallest absolute Gasteiger partial charge is 0.337 e. The number of carbonyl (C=O) groups excluding carboxylic acids is 1. The average molecular weight is 356 g/mol. The molecule has 1 aromatic heterocycles. The van der Waals surface area contributed by atoms with E-state index in [0.29, 0.717) is 17.5 Å². The molecule has 3 aliphatic rings. The molecule has 0 aliphatic carbocycles. The van der Waals surface area contributed by atoms with Gasteiger partial charge in [-0.25, -0.2) is 4.79 Å². The van der Waals surface area contributed by atoms with E-state index in [-0.39, 0.29) is 20.8 Å². The van der Waals surface area contributed by atoms with E-state index in [1.54, 1.807) is 6.26 Å². The first-order valence-corrected chi connectivity index (χ1v) is 9.44. The predicted octanol–water partition coefficient (Wildman–Crippen LogP) is 3.67. The van der Waals surface area contributed by atoms with Crippen molar-refractivity contribution in [2.24, 2.45) is 11.8 Å². The lowest BCUT2D eigenvalue weighted by Crippen LogP contribution is -2.51. The maximum absolute atomic E-state index is 12.3. The van der Waals surface area contributed by atoms with Gasteiger partial charge in [-0.2, -0.15) is 0 Å². The normalized spacial score (nSPS) is 30.6. The molecule has 5 nitrogen and oxygen atoms in total. The van der Waals surface area contributed by atoms with Crippen molar-refractivity contribution in [1.29, 1.82) is 0 Å². The second-order valence-corrected chi connectivity index (χ2v) is 7.74. The Morgan fingerprint density at radius 2 is 2.23 bits per heavy atom. The van der Waals surface area contributed by atoms with E-state index in [2.05, 4.69) is 41.1 Å². The Hall–Kier alpha value is -2.27. The molecule has 4 atom stereocenters. The lowest BCUT2D eigenvalue weighted by atomic mass is 9.72. The Balaban J connectivity index is 0.00000112. The minimum Gasteiger partial charge on any atom is -0.497 e. The Morgan fingerprint density at radius 3 is 3.08 bits per heavy atom. The van der Waals surface area contributed by atoms with Crippen LogP contribution in [0.2, 0.25) is 0 Å². The lowest BCUT2D eigenvalue weighted by Gasteiger charge is -2.49. The number of rotatable bonds is 1. The van der Waals surface area contributed by atoms with E-state index in [1.165, 1.54) is 29.3 Å². The molecule has 5 rings (SSSR count). The number of H-pyrrole nitrogens is 1. The van der Waals surface area contributed by atoms with E-state index in [0.717, 1.165) is 25.9 Å². The molecule has 26 heavy (non-hydrogen) atoms. The Kier molecular flexibility index (Phi) is 3.60. The molecule has 0 amide bonds. The highest BCUT2D eigenvalue weighted by molar-refractivity contribution is 5.89. The van der Waals surface area contributed by atoms with Crippen LogP contribution < -0.4 is 0 Å². The molecule has 1 fully saturated rings. The van der Waals surface area contributed by atoms with Crippen molar-refractivity contribution in [3.05, 3.63) is 47.4 Å². The largest absolute Gasteiger partial charge is 0.497 e. The number of nitrogens with zero attached hydrogens (tertiary/aromatic N) is 1. The molecule has 1 N–H and O–H groups in total. The summed E-state index contributed by atoms with van der Waals surface area (Å²) >= 11 is 0. The van der Waals surface area contributed by atoms with Crippen molar-refractivity contribution in [2.75, 3.05) is 20.2 Å². The molecule has 4 heterocycles. The van der Waals surface area contributed by atoms with Crippen LogP contribution in [-0.2, 0) is 20.7 Å². The number of aromatic nitrogens is 1. The van der Waals surface area contributed by atoms with Crippen LogP contribution in [0.15, 0.2) is 36.1 Å². The van der Waals surface area contributed by atoms with Crippen LogP contribution >= 0.6 is 0 Å². The Labute approximate surface area is 155 Å². The number of esters is 1. The molecule has 0 saturated carbocycles. The van der Waals surface area contributed by atoms with Crippen molar-refractivity contribution < 1.29 is 17.1 Å². The zero-order chi connectivity index (χ0) is 17.8. The van der Waals surface area contributed by atoms with Gasteiger partial charge in [0.2, 0.25) is 0 Å². The van der Waals surface area contributed by atoms with Gasteiger partial charge in [-0.05, 0) is 31.4 Å². The van der Waals surface area contributed by atoms with Gasteiger partial charge < -0.3 is 14.5 Å². The summed E-state index contributed by atoms with van der Waals surface area (Å²) in [6.45, 7) is 4.13. The number of fused-ring (bicyclic) bond motifs is 6. The van der Waals surface area contributed by atoms with Gasteiger partial charge in [-0.15, -0.1) is 0 Å². The minimum atomic E-state index is -0.256. The average Bonchev–Trinajstić information content (AvgIpc) is 3.06. The molecule has 0 bridgehead atoms. The zero-order valence-electron chi connectivity index (χ0n) is 15.2. The SMILES string of the molecule is COC(=O)C1=CO[C@@H](C)[C@H]2CN3CCc4c([nH]c5ccccc45)C3CC12.[HH].[HH]. The number of carbonyl (C=O) groups is 1. The monoisotopic (exact) mass is 356 g/mol. The van der Waals surface area contributed by atoms with E-state index >= 15 is 0 Å². The molecule has 140 valence electrons. The van der Waals surface area contributed by atoms with Gasteiger partial charge in [-0.1, -0.05) is 18.2 Å². The maximum Gasteiger partial charge on any atom is 0.337 e. The van der Waals surface area contributed by atoms with Crippen LogP contribution in [0.1, 0.15) is 33.5 Å². The summed E-state index contributed by atoms with van der Waals surface area (Å²) in [5, 5.41) is 1.34. The molecule has 1 saturated heterocycles. The topological polar surface area (TPSA) is 54.6 Å². The van der Waals surface area contributed by atoms with Gasteiger partial charge in [0.05, 0.1) is 31.1 Å². The van der Waals surface area contributed by atoms with Gasteiger partial charge in [0, 0.05) is 44.4 Å². The Morgan fingerprint density at radius 1 is 1.38 bits per heavy atom. The van der Waals surface area contributed by atoms with E-state index in [1.807, 2.05) is 0 Å². The summed E-state index contributed by atoms with van der Waals surface area (Å²) in [5.41, 5.74) is 4.69. The fourth-order valence-electron chi connectivity index (χ4n) is 5.19. The highest BCUT2D eigenvalue weighted by Gasteiger charge is 2.46. The molecule has 1 aromatic carbocycles. The predicted molar refractivity (Wildman–Crippen MR) is 103 cm³/mol. The first kappa shape index (κ1) is 15.9. The number of methoxy groups -OCH3 is 1. The van der Waals surface area contributed by atoms with Crippen LogP contribution in [0.25, 0.3) is 10.9 Å². The fraction of sp³-hybridized carbons (Fsp3) is 0.476. The van der Waals surface area contributed by atoms with Crippen molar-refractivity contribution >= 4 is 16.9 Å². The molecular formula is C21H28N2O3. The lowest BCUT2D eigenvalue weighted by molar-refractivity contribution is -0.139. The summed E-state index contributed by atoms with van der Waals surface area (Å²) in [6, 6.07) is 8.88. The first-order chi connectivity index (χ1) is 12.7. The van der Waals surface area contributed by atoms with Gasteiger partial charge in [0.1, 0.15) is 0 Å². The van der Waals surface area contributed by atoms with Crippen molar-refractivity contribution in [3.63, 3.8) is 0 Å². The second kappa shape index (κ2) is 5.88. The summed E-state index contributed by atoms with van der Waals surface area (Å²) in [4.78, 5) is 18.5. The molecule has 0 radical (unpaired) electrons. The van der Waals surface area contributed by atoms with Crippen LogP contribution in [0.3, 0.4) is 0 Å². The van der Waals surface area contributed by atoms with Crippen LogP contribution in [-0.4, -0.2) is 42.2 Å². The molecular weight excluding hydrogens is 328 g/mol. The quantitative estimate of drug-likeness (QED) is 0.792. The standard InChI is InChI=1S/C21H24N2O3.2H2/c1-12-16-10-23-8-7-14-13-5-3-4-6-18(13)22-20(14)19(23)9-15(16)17(11-26-12)21(24)25-2;;/h3-6,11-12,15-16,19,22H,7-10H2,1-2H3;2*1H/t12-,15?,16+,19?;;/m0../s1. The molecule has 5 heteroatoms. The number of para-hydroxylation sites is 1. The van der Waals surface area contributed by atoms with Gasteiger partial charge in [-0.3, -0.25) is 4.90 Å². The van der Waals surface area contributed by atoms with E-state index in [9.17, 15) is 4.79 Å². The molecule has 2 aromatic rings. The highest BCUT2D eigenvalue weighted by atomic mass is 16.5. The summed E-state index contributed by atoms with van der Waals surface area (Å²) in [6.07, 6.45) is 3.77. The first-order valence-electron chi connectivity index (χ1n) is 9.44. The van der Waals surface area contributed by atoms with Crippen LogP contribution in [0.4, 0.5) is 0 Å². The number of nitrogens with one attached hydrogen (secondary N) is 1. The number of piperidine rings is 1. The summed E-state index contributed by atoms with van der Waals surface area (Å²) in [5.74, 6) is 0.258. The van der Waals surface area contributed by atoms with E-state index < -0.39 is 0 Å². The molecule has 0 spiro atoms. The summed E-state index contributed by atoms with van der Waals surface area (Å²) in [7, 11) is 1.45. The Bertz CT molecular complexity index is 910. The number of benzene rings is 1. The van der Waals surface area contributed by atoms with Gasteiger partial charge >= 0.3 is 5.97 Å². The number of aromatic amines is 1. The fourth-order valence-corrected chi connectivity index (χ4v) is 5.19. The van der Waals surface area contributed by atoms with Crippen LogP contribution in [0, 0.1) is 11.8 Å². The third-order valence-electron chi connectivity index (χ3n) is 6.54. The van der Waals surface area contributed by atoms with Gasteiger partial charge in [0.25, 0.3) is 0 Å². The third kappa shape index (κ3) is 2.23. The molecule has 3 aliphatic heterocycles. The maximum atomic E-state index is 12.3. The summed E-state index contributed by atoms with van der Waals surface area (Å²) < 4.78 is 10.8. The van der Waals surface area contributed by atoms with Crippen molar-refractivity contribution in [3.8, 4) is 0 Å². The zero-order valence-corrected chi connectivity index (χ0v) is 15.2. The third-order valence-corrected chi connectivity index (χ3v) is 6.54. The number of hydrogen-bond acceptors (Lipinski definition) is 4.